The van der Waals surface area contributed by atoms with Crippen LogP contribution in [0.3, 0.4) is 0 Å². The van der Waals surface area contributed by atoms with Crippen LogP contribution in [0.5, 0.6) is 5.75 Å². The van der Waals surface area contributed by atoms with Crippen LogP contribution in [0.4, 0.5) is 5.69 Å². The molecule has 170 valence electrons. The number of benzene rings is 2. The molecule has 0 saturated carbocycles. The Morgan fingerprint density at radius 1 is 1.19 bits per heavy atom. The molecular formula is C21H23ClN4O5S. The van der Waals surface area contributed by atoms with Crippen molar-refractivity contribution in [1.82, 2.24) is 15.5 Å². The Kier molecular flexibility index (Phi) is 7.37. The SMILES string of the molecule is CCC(Oc1ccc(N(C)S(C)(=O)=O)cc1)C(=O)NCc1nc(-c2ccc(Cl)cc2)no1. The third-order valence-electron chi connectivity index (χ3n) is 4.62. The minimum absolute atomic E-state index is 0.0530. The number of ether oxygens (including phenoxy) is 1. The largest absolute Gasteiger partial charge is 0.481 e. The molecule has 1 amide bonds. The van der Waals surface area contributed by atoms with E-state index < -0.39 is 16.1 Å². The number of hydrogen-bond donors (Lipinski definition) is 1. The van der Waals surface area contributed by atoms with Crippen LogP contribution < -0.4 is 14.4 Å². The van der Waals surface area contributed by atoms with E-state index in [2.05, 4.69) is 15.5 Å². The van der Waals surface area contributed by atoms with Crippen LogP contribution in [0.15, 0.2) is 53.1 Å². The molecule has 0 spiro atoms. The van der Waals surface area contributed by atoms with Crippen LogP contribution in [-0.2, 0) is 21.4 Å². The van der Waals surface area contributed by atoms with Gasteiger partial charge in [0.15, 0.2) is 6.10 Å². The van der Waals surface area contributed by atoms with Gasteiger partial charge in [0.05, 0.1) is 18.5 Å². The molecule has 32 heavy (non-hydrogen) atoms. The van der Waals surface area contributed by atoms with Gasteiger partial charge in [-0.3, -0.25) is 9.10 Å². The number of nitrogens with zero attached hydrogens (tertiary/aromatic N) is 3. The van der Waals surface area contributed by atoms with Gasteiger partial charge in [-0.25, -0.2) is 8.42 Å². The zero-order valence-electron chi connectivity index (χ0n) is 17.8. The second kappa shape index (κ2) is 10.0. The predicted octanol–water partition coefficient (Wildman–Crippen LogP) is 3.26. The first-order valence-corrected chi connectivity index (χ1v) is 12.0. The van der Waals surface area contributed by atoms with Gasteiger partial charge in [0.1, 0.15) is 5.75 Å². The van der Waals surface area contributed by atoms with Gasteiger partial charge in [-0.15, -0.1) is 0 Å². The lowest BCUT2D eigenvalue weighted by molar-refractivity contribution is -0.128. The Hall–Kier alpha value is -3.11. The van der Waals surface area contributed by atoms with Crippen molar-refractivity contribution in [3.8, 4) is 17.1 Å². The van der Waals surface area contributed by atoms with Crippen molar-refractivity contribution in [2.45, 2.75) is 26.0 Å². The number of aromatic nitrogens is 2. The summed E-state index contributed by atoms with van der Waals surface area (Å²) < 4.78 is 35.4. The highest BCUT2D eigenvalue weighted by Gasteiger charge is 2.20. The number of anilines is 1. The van der Waals surface area contributed by atoms with Crippen molar-refractivity contribution in [3.05, 3.63) is 59.4 Å². The topological polar surface area (TPSA) is 115 Å². The Labute approximate surface area is 191 Å². The molecule has 2 aromatic carbocycles. The summed E-state index contributed by atoms with van der Waals surface area (Å²) in [5, 5.41) is 7.24. The smallest absolute Gasteiger partial charge is 0.261 e. The fourth-order valence-corrected chi connectivity index (χ4v) is 3.36. The molecule has 0 aliphatic carbocycles. The van der Waals surface area contributed by atoms with Gasteiger partial charge in [-0.05, 0) is 55.0 Å². The van der Waals surface area contributed by atoms with E-state index in [1.807, 2.05) is 6.92 Å². The lowest BCUT2D eigenvalue weighted by Crippen LogP contribution is -2.37. The summed E-state index contributed by atoms with van der Waals surface area (Å²) in [7, 11) is -1.90. The van der Waals surface area contributed by atoms with Crippen molar-refractivity contribution in [3.63, 3.8) is 0 Å². The summed E-state index contributed by atoms with van der Waals surface area (Å²) in [5.41, 5.74) is 1.24. The molecule has 1 heterocycles. The maximum Gasteiger partial charge on any atom is 0.261 e. The third-order valence-corrected chi connectivity index (χ3v) is 6.08. The van der Waals surface area contributed by atoms with E-state index >= 15 is 0 Å². The summed E-state index contributed by atoms with van der Waals surface area (Å²) >= 11 is 5.88. The first kappa shape index (κ1) is 23.6. The standard InChI is InChI=1S/C21H23ClN4O5S/c1-4-18(30-17-11-9-16(10-12-17)26(2)32(3,28)29)21(27)23-13-19-24-20(25-31-19)14-5-7-15(22)8-6-14/h5-12,18H,4,13H2,1-3H3,(H,23,27). The number of sulfonamides is 1. The number of rotatable bonds is 9. The van der Waals surface area contributed by atoms with E-state index in [1.165, 1.54) is 7.05 Å². The Balaban J connectivity index is 1.58. The molecular weight excluding hydrogens is 456 g/mol. The Bertz CT molecular complexity index is 1160. The minimum atomic E-state index is -3.36. The highest BCUT2D eigenvalue weighted by atomic mass is 35.5. The van der Waals surface area contributed by atoms with Crippen molar-refractivity contribution in [1.29, 1.82) is 0 Å². The number of nitrogens with one attached hydrogen (secondary N) is 1. The van der Waals surface area contributed by atoms with E-state index in [0.717, 1.165) is 16.1 Å². The molecule has 0 radical (unpaired) electrons. The average Bonchev–Trinajstić information content (AvgIpc) is 3.24. The van der Waals surface area contributed by atoms with Crippen molar-refractivity contribution in [2.75, 3.05) is 17.6 Å². The lowest BCUT2D eigenvalue weighted by Gasteiger charge is -2.19. The monoisotopic (exact) mass is 478 g/mol. The number of amides is 1. The molecule has 0 fully saturated rings. The summed E-state index contributed by atoms with van der Waals surface area (Å²) in [6.45, 7) is 1.87. The summed E-state index contributed by atoms with van der Waals surface area (Å²) in [4.78, 5) is 16.8. The fourth-order valence-electron chi connectivity index (χ4n) is 2.73. The summed E-state index contributed by atoms with van der Waals surface area (Å²) in [6, 6.07) is 13.4. The Morgan fingerprint density at radius 3 is 2.44 bits per heavy atom. The molecule has 1 aromatic heterocycles. The minimum Gasteiger partial charge on any atom is -0.481 e. The fraction of sp³-hybridized carbons (Fsp3) is 0.286. The van der Waals surface area contributed by atoms with E-state index in [0.29, 0.717) is 28.7 Å². The molecule has 9 nitrogen and oxygen atoms in total. The highest BCUT2D eigenvalue weighted by Crippen LogP contribution is 2.22. The molecule has 0 saturated heterocycles. The molecule has 3 aromatic rings. The van der Waals surface area contributed by atoms with Crippen LogP contribution in [0.2, 0.25) is 5.02 Å². The normalized spacial score (nSPS) is 12.2. The maximum absolute atomic E-state index is 12.5. The van der Waals surface area contributed by atoms with Gasteiger partial charge in [-0.1, -0.05) is 23.7 Å². The van der Waals surface area contributed by atoms with Crippen molar-refractivity contribution in [2.24, 2.45) is 0 Å². The molecule has 1 N–H and O–H groups in total. The predicted molar refractivity (Wildman–Crippen MR) is 121 cm³/mol. The van der Waals surface area contributed by atoms with E-state index in [4.69, 9.17) is 20.9 Å². The van der Waals surface area contributed by atoms with Crippen molar-refractivity contribution < 1.29 is 22.5 Å². The second-order valence-corrected chi connectivity index (χ2v) is 9.43. The quantitative estimate of drug-likeness (QED) is 0.502. The van der Waals surface area contributed by atoms with Crippen LogP contribution in [-0.4, -0.2) is 43.9 Å². The molecule has 0 bridgehead atoms. The van der Waals surface area contributed by atoms with E-state index in [-0.39, 0.29) is 18.3 Å². The van der Waals surface area contributed by atoms with Gasteiger partial charge in [0.25, 0.3) is 5.91 Å². The zero-order chi connectivity index (χ0) is 23.3. The van der Waals surface area contributed by atoms with Crippen LogP contribution >= 0.6 is 11.6 Å². The molecule has 1 atom stereocenters. The van der Waals surface area contributed by atoms with Crippen molar-refractivity contribution >= 4 is 33.2 Å². The van der Waals surface area contributed by atoms with Gasteiger partial charge in [-0.2, -0.15) is 4.98 Å². The average molecular weight is 479 g/mol. The van der Waals surface area contributed by atoms with Gasteiger partial charge < -0.3 is 14.6 Å². The third kappa shape index (κ3) is 5.98. The number of halogens is 1. The molecule has 3 rings (SSSR count). The highest BCUT2D eigenvalue weighted by molar-refractivity contribution is 7.92. The molecule has 0 aliphatic rings. The Morgan fingerprint density at radius 2 is 1.84 bits per heavy atom. The van der Waals surface area contributed by atoms with Crippen LogP contribution in [0.1, 0.15) is 19.2 Å². The van der Waals surface area contributed by atoms with Gasteiger partial charge in [0.2, 0.25) is 21.7 Å². The number of carbonyl (C=O) groups is 1. The number of carbonyl (C=O) groups excluding carboxylic acids is 1. The lowest BCUT2D eigenvalue weighted by atomic mass is 10.2. The zero-order valence-corrected chi connectivity index (χ0v) is 19.4. The number of hydrogen-bond acceptors (Lipinski definition) is 7. The molecule has 11 heteroatoms. The first-order chi connectivity index (χ1) is 15.2. The van der Waals surface area contributed by atoms with Crippen LogP contribution in [0.25, 0.3) is 11.4 Å². The summed E-state index contributed by atoms with van der Waals surface area (Å²) in [5.74, 6) is 0.760. The molecule has 1 unspecified atom stereocenters. The van der Waals surface area contributed by atoms with Gasteiger partial charge >= 0.3 is 0 Å². The van der Waals surface area contributed by atoms with E-state index in [1.54, 1.807) is 48.5 Å². The maximum atomic E-state index is 12.5. The van der Waals surface area contributed by atoms with Gasteiger partial charge in [0, 0.05) is 17.6 Å². The van der Waals surface area contributed by atoms with Crippen LogP contribution in [0, 0.1) is 0 Å². The second-order valence-electron chi connectivity index (χ2n) is 6.98. The summed E-state index contributed by atoms with van der Waals surface area (Å²) in [6.07, 6.45) is 0.806. The van der Waals surface area contributed by atoms with E-state index in [9.17, 15) is 13.2 Å². The molecule has 0 aliphatic heterocycles. The first-order valence-electron chi connectivity index (χ1n) is 9.74.